The number of rotatable bonds is 4. The van der Waals surface area contributed by atoms with E-state index in [4.69, 9.17) is 0 Å². The number of aromatic nitrogens is 3. The number of amides is 3. The van der Waals surface area contributed by atoms with Crippen LogP contribution in [0.2, 0.25) is 0 Å². The van der Waals surface area contributed by atoms with E-state index in [1.807, 2.05) is 24.3 Å². The molecule has 1 aliphatic heterocycles. The van der Waals surface area contributed by atoms with Crippen LogP contribution >= 0.6 is 0 Å². The molecule has 0 saturated heterocycles. The van der Waals surface area contributed by atoms with Crippen molar-refractivity contribution in [3.63, 3.8) is 0 Å². The van der Waals surface area contributed by atoms with Gasteiger partial charge in [0.1, 0.15) is 22.5 Å². The Morgan fingerprint density at radius 1 is 0.892 bits per heavy atom. The summed E-state index contributed by atoms with van der Waals surface area (Å²) in [7, 11) is 0. The largest absolute Gasteiger partial charge is 0.506 e. The first-order chi connectivity index (χ1) is 17.8. The Kier molecular flexibility index (Phi) is 4.87. The number of nitrogens with one attached hydrogen (secondary N) is 1. The summed E-state index contributed by atoms with van der Waals surface area (Å²) < 4.78 is 0. The molecule has 3 amide bonds. The summed E-state index contributed by atoms with van der Waals surface area (Å²) in [6, 6.07) is 20.0. The Balaban J connectivity index is 1.41. The van der Waals surface area contributed by atoms with E-state index in [-0.39, 0.29) is 17.3 Å². The fraction of sp³-hybridized carbons (Fsp3) is 0.0357. The lowest BCUT2D eigenvalue weighted by Gasteiger charge is -2.28. The van der Waals surface area contributed by atoms with Gasteiger partial charge in [0.2, 0.25) is 0 Å². The molecule has 0 spiro atoms. The fourth-order valence-corrected chi connectivity index (χ4v) is 4.46. The summed E-state index contributed by atoms with van der Waals surface area (Å²) in [5, 5.41) is 23.3. The number of benzene rings is 4. The van der Waals surface area contributed by atoms with Crippen LogP contribution < -0.4 is 10.2 Å². The number of hydrogen-bond donors (Lipinski definition) is 2. The van der Waals surface area contributed by atoms with Gasteiger partial charge >= 0.3 is 0 Å². The van der Waals surface area contributed by atoms with Crippen molar-refractivity contribution < 1.29 is 19.5 Å². The summed E-state index contributed by atoms with van der Waals surface area (Å²) in [5.41, 5.74) is 3.26. The third-order valence-corrected chi connectivity index (χ3v) is 6.26. The van der Waals surface area contributed by atoms with Crippen molar-refractivity contribution in [2.24, 2.45) is 0 Å². The first-order valence-corrected chi connectivity index (χ1v) is 11.4. The van der Waals surface area contributed by atoms with Crippen molar-refractivity contribution >= 4 is 50.9 Å². The quantitative estimate of drug-likeness (QED) is 0.282. The number of aromatic hydroxyl groups is 1. The van der Waals surface area contributed by atoms with Crippen LogP contribution in [0.15, 0.2) is 84.9 Å². The molecule has 9 nitrogen and oxygen atoms in total. The van der Waals surface area contributed by atoms with Gasteiger partial charge in [-0.15, -0.1) is 15.0 Å². The van der Waals surface area contributed by atoms with Gasteiger partial charge in [0.25, 0.3) is 17.7 Å². The molecule has 1 aromatic heterocycles. The Hall–Kier alpha value is -5.31. The van der Waals surface area contributed by atoms with E-state index in [0.29, 0.717) is 49.9 Å². The molecule has 0 unspecified atom stereocenters. The van der Waals surface area contributed by atoms with Gasteiger partial charge < -0.3 is 10.4 Å². The van der Waals surface area contributed by atoms with Crippen LogP contribution in [0, 0.1) is 0 Å². The second-order valence-electron chi connectivity index (χ2n) is 8.72. The van der Waals surface area contributed by atoms with Crippen LogP contribution in [0.25, 0.3) is 27.5 Å². The maximum Gasteiger partial charge on any atom is 0.265 e. The zero-order chi connectivity index (χ0) is 25.8. The predicted octanol–water partition coefficient (Wildman–Crippen LogP) is 4.59. The zero-order valence-corrected chi connectivity index (χ0v) is 19.6. The lowest BCUT2D eigenvalue weighted by Crippen LogP contribution is -2.40. The molecule has 9 heteroatoms. The van der Waals surface area contributed by atoms with Crippen molar-refractivity contribution in [1.82, 2.24) is 15.0 Å². The number of carbonyl (C=O) groups is 3. The van der Waals surface area contributed by atoms with Gasteiger partial charge in [-0.1, -0.05) is 30.8 Å². The average Bonchev–Trinajstić information content (AvgIpc) is 3.32. The van der Waals surface area contributed by atoms with Gasteiger partial charge in [-0.3, -0.25) is 14.4 Å². The molecule has 180 valence electrons. The van der Waals surface area contributed by atoms with Crippen LogP contribution in [0.1, 0.15) is 27.6 Å². The van der Waals surface area contributed by atoms with Gasteiger partial charge in [0.15, 0.2) is 0 Å². The molecule has 6 rings (SSSR count). The number of nitrogens with zero attached hydrogens (tertiary/aromatic N) is 4. The van der Waals surface area contributed by atoms with Crippen molar-refractivity contribution in [3.8, 4) is 11.4 Å². The van der Waals surface area contributed by atoms with Crippen LogP contribution in [-0.4, -0.2) is 37.8 Å². The number of imide groups is 1. The molecule has 0 saturated carbocycles. The standard InChI is InChI=1S/C28H19N5O4/c1-15(2)26(35)29-20-12-11-19-25-17(20)6-5-7-18(25)27(36)32(28(19)37)16-10-13-23(24(34)14-16)33-30-21-8-3-4-9-22(21)31-33/h3-14,34H,1H2,2H3,(H,29,35). The van der Waals surface area contributed by atoms with E-state index in [1.54, 1.807) is 49.4 Å². The number of anilines is 2. The number of phenolic OH excluding ortho intramolecular Hbond substituents is 1. The molecule has 0 radical (unpaired) electrons. The SMILES string of the molecule is C=C(C)C(=O)Nc1ccc2c3c(cccc13)C(=O)N(c1ccc(-n3nc4ccccc4n3)c(O)c1)C2=O. The molecule has 5 aromatic rings. The predicted molar refractivity (Wildman–Crippen MR) is 139 cm³/mol. The average molecular weight is 489 g/mol. The summed E-state index contributed by atoms with van der Waals surface area (Å²) in [6.07, 6.45) is 0. The van der Waals surface area contributed by atoms with Crippen LogP contribution in [0.3, 0.4) is 0 Å². The molecule has 4 aromatic carbocycles. The second-order valence-corrected chi connectivity index (χ2v) is 8.72. The monoisotopic (exact) mass is 489 g/mol. The first kappa shape index (κ1) is 22.2. The molecule has 1 aliphatic rings. The zero-order valence-electron chi connectivity index (χ0n) is 19.6. The molecule has 0 atom stereocenters. The first-order valence-electron chi connectivity index (χ1n) is 11.4. The number of hydrogen-bond acceptors (Lipinski definition) is 6. The van der Waals surface area contributed by atoms with Gasteiger partial charge in [0, 0.05) is 39.2 Å². The van der Waals surface area contributed by atoms with Crippen molar-refractivity contribution in [3.05, 3.63) is 96.1 Å². The van der Waals surface area contributed by atoms with Crippen LogP contribution in [0.5, 0.6) is 5.75 Å². The van der Waals surface area contributed by atoms with Gasteiger partial charge in [-0.05, 0) is 49.4 Å². The molecule has 0 aliphatic carbocycles. The highest BCUT2D eigenvalue weighted by Crippen LogP contribution is 2.37. The molecule has 37 heavy (non-hydrogen) atoms. The molecule has 0 bridgehead atoms. The molecular formula is C28H19N5O4. The Morgan fingerprint density at radius 2 is 1.57 bits per heavy atom. The third kappa shape index (κ3) is 3.44. The summed E-state index contributed by atoms with van der Waals surface area (Å²) in [5.74, 6) is -1.63. The normalized spacial score (nSPS) is 12.8. The van der Waals surface area contributed by atoms with E-state index >= 15 is 0 Å². The molecule has 0 fully saturated rings. The summed E-state index contributed by atoms with van der Waals surface area (Å²) >= 11 is 0. The minimum atomic E-state index is -0.540. The minimum Gasteiger partial charge on any atom is -0.506 e. The van der Waals surface area contributed by atoms with Crippen molar-refractivity contribution in [2.45, 2.75) is 6.92 Å². The maximum absolute atomic E-state index is 13.5. The van der Waals surface area contributed by atoms with Gasteiger partial charge in [-0.2, -0.15) is 0 Å². The highest BCUT2D eigenvalue weighted by atomic mass is 16.3. The van der Waals surface area contributed by atoms with E-state index in [2.05, 4.69) is 22.1 Å². The highest BCUT2D eigenvalue weighted by molar-refractivity contribution is 6.36. The lowest BCUT2D eigenvalue weighted by atomic mass is 9.92. The lowest BCUT2D eigenvalue weighted by molar-refractivity contribution is -0.112. The highest BCUT2D eigenvalue weighted by Gasteiger charge is 2.35. The van der Waals surface area contributed by atoms with E-state index in [0.717, 1.165) is 4.90 Å². The molecule has 2 N–H and O–H groups in total. The minimum absolute atomic E-state index is 0.194. The van der Waals surface area contributed by atoms with E-state index in [9.17, 15) is 19.5 Å². The van der Waals surface area contributed by atoms with Crippen LogP contribution in [-0.2, 0) is 4.79 Å². The summed E-state index contributed by atoms with van der Waals surface area (Å²) in [4.78, 5) is 41.6. The second kappa shape index (κ2) is 8.13. The third-order valence-electron chi connectivity index (χ3n) is 6.26. The fourth-order valence-electron chi connectivity index (χ4n) is 4.46. The smallest absolute Gasteiger partial charge is 0.265 e. The van der Waals surface area contributed by atoms with E-state index < -0.39 is 11.8 Å². The topological polar surface area (TPSA) is 117 Å². The number of phenols is 1. The number of carbonyl (C=O) groups excluding carboxylic acids is 3. The Morgan fingerprint density at radius 3 is 2.22 bits per heavy atom. The van der Waals surface area contributed by atoms with Gasteiger partial charge in [-0.25, -0.2) is 4.90 Å². The van der Waals surface area contributed by atoms with Crippen LogP contribution in [0.4, 0.5) is 11.4 Å². The summed E-state index contributed by atoms with van der Waals surface area (Å²) in [6.45, 7) is 5.24. The van der Waals surface area contributed by atoms with E-state index in [1.165, 1.54) is 10.9 Å². The van der Waals surface area contributed by atoms with Gasteiger partial charge in [0.05, 0.1) is 5.69 Å². The Labute approximate surface area is 210 Å². The van der Waals surface area contributed by atoms with Crippen molar-refractivity contribution in [1.29, 1.82) is 0 Å². The number of fused-ring (bicyclic) bond motifs is 1. The van der Waals surface area contributed by atoms with Crippen molar-refractivity contribution in [2.75, 3.05) is 10.2 Å². The Bertz CT molecular complexity index is 1770. The molecular weight excluding hydrogens is 470 g/mol. The molecule has 2 heterocycles. The maximum atomic E-state index is 13.5.